The minimum absolute atomic E-state index is 0.170. The van der Waals surface area contributed by atoms with E-state index in [4.69, 9.17) is 0 Å². The Morgan fingerprint density at radius 1 is 1.25 bits per heavy atom. The van der Waals surface area contributed by atoms with Crippen LogP contribution in [0.5, 0.6) is 0 Å². The molecule has 0 fully saturated rings. The van der Waals surface area contributed by atoms with Crippen LogP contribution < -0.4 is 5.32 Å². The summed E-state index contributed by atoms with van der Waals surface area (Å²) in [7, 11) is 0. The van der Waals surface area contributed by atoms with Gasteiger partial charge < -0.3 is 10.4 Å². The fourth-order valence-corrected chi connectivity index (χ4v) is 1.99. The Bertz CT molecular complexity index is 273. The number of aliphatic hydroxyl groups is 1. The summed E-state index contributed by atoms with van der Waals surface area (Å²) in [5.74, 6) is 0. The molecule has 0 spiro atoms. The Balaban J connectivity index is 2.43. The fraction of sp³-hybridized carbons (Fsp3) is 0.571. The highest BCUT2D eigenvalue weighted by molar-refractivity contribution is 5.15. The van der Waals surface area contributed by atoms with Crippen molar-refractivity contribution < 1.29 is 5.11 Å². The average molecular weight is 221 g/mol. The van der Waals surface area contributed by atoms with Crippen molar-refractivity contribution in [3.8, 4) is 0 Å². The standard InChI is InChI=1S/C14H23NO/c1-3-7-12(2)15-14(11-16)10-13-8-5-4-6-9-13/h4-6,8-9,12,14-16H,3,7,10-11H2,1-2H3. The van der Waals surface area contributed by atoms with E-state index in [1.807, 2.05) is 18.2 Å². The van der Waals surface area contributed by atoms with Gasteiger partial charge in [-0.05, 0) is 25.3 Å². The number of rotatable bonds is 7. The molecule has 0 radical (unpaired) electrons. The highest BCUT2D eigenvalue weighted by Crippen LogP contribution is 2.05. The van der Waals surface area contributed by atoms with Crippen molar-refractivity contribution in [2.45, 2.75) is 45.2 Å². The molecule has 0 aliphatic rings. The van der Waals surface area contributed by atoms with Crippen molar-refractivity contribution in [2.75, 3.05) is 6.61 Å². The van der Waals surface area contributed by atoms with Gasteiger partial charge in [0.1, 0.15) is 0 Å². The highest BCUT2D eigenvalue weighted by Gasteiger charge is 2.10. The predicted molar refractivity (Wildman–Crippen MR) is 68.5 cm³/mol. The monoisotopic (exact) mass is 221 g/mol. The van der Waals surface area contributed by atoms with E-state index in [1.54, 1.807) is 0 Å². The Morgan fingerprint density at radius 3 is 2.50 bits per heavy atom. The second-order valence-corrected chi connectivity index (χ2v) is 4.43. The first kappa shape index (κ1) is 13.2. The molecule has 0 saturated heterocycles. The molecule has 2 unspecified atom stereocenters. The molecule has 0 aliphatic heterocycles. The summed E-state index contributed by atoms with van der Waals surface area (Å²) in [4.78, 5) is 0. The van der Waals surface area contributed by atoms with E-state index in [1.165, 1.54) is 12.0 Å². The van der Waals surface area contributed by atoms with Gasteiger partial charge in [-0.25, -0.2) is 0 Å². The first-order chi connectivity index (χ1) is 7.76. The van der Waals surface area contributed by atoms with Gasteiger partial charge in [0.15, 0.2) is 0 Å². The lowest BCUT2D eigenvalue weighted by Crippen LogP contribution is -2.40. The van der Waals surface area contributed by atoms with E-state index < -0.39 is 0 Å². The quantitative estimate of drug-likeness (QED) is 0.741. The first-order valence-electron chi connectivity index (χ1n) is 6.17. The zero-order chi connectivity index (χ0) is 11.8. The van der Waals surface area contributed by atoms with Crippen LogP contribution >= 0.6 is 0 Å². The third kappa shape index (κ3) is 4.77. The topological polar surface area (TPSA) is 32.3 Å². The summed E-state index contributed by atoms with van der Waals surface area (Å²) in [5, 5.41) is 12.8. The van der Waals surface area contributed by atoms with E-state index in [2.05, 4.69) is 31.3 Å². The Morgan fingerprint density at radius 2 is 1.94 bits per heavy atom. The molecule has 0 heterocycles. The third-order valence-corrected chi connectivity index (χ3v) is 2.79. The van der Waals surface area contributed by atoms with Gasteiger partial charge in [-0.15, -0.1) is 0 Å². The maximum Gasteiger partial charge on any atom is 0.0587 e. The summed E-state index contributed by atoms with van der Waals surface area (Å²) in [6, 6.07) is 11.0. The lowest BCUT2D eigenvalue weighted by molar-refractivity contribution is 0.230. The van der Waals surface area contributed by atoms with Gasteiger partial charge >= 0.3 is 0 Å². The number of nitrogens with one attached hydrogen (secondary N) is 1. The van der Waals surface area contributed by atoms with Crippen molar-refractivity contribution in [3.05, 3.63) is 35.9 Å². The van der Waals surface area contributed by atoms with E-state index >= 15 is 0 Å². The molecule has 0 amide bonds. The van der Waals surface area contributed by atoms with E-state index in [9.17, 15) is 5.11 Å². The molecular formula is C14H23NO. The van der Waals surface area contributed by atoms with Crippen LogP contribution in [0.2, 0.25) is 0 Å². The van der Waals surface area contributed by atoms with Crippen LogP contribution in [0.1, 0.15) is 32.3 Å². The Labute approximate surface area is 98.7 Å². The minimum Gasteiger partial charge on any atom is -0.395 e. The molecule has 0 saturated carbocycles. The third-order valence-electron chi connectivity index (χ3n) is 2.79. The van der Waals surface area contributed by atoms with Crippen LogP contribution in [-0.4, -0.2) is 23.8 Å². The predicted octanol–water partition coefficient (Wildman–Crippen LogP) is 2.37. The summed E-state index contributed by atoms with van der Waals surface area (Å²) < 4.78 is 0. The summed E-state index contributed by atoms with van der Waals surface area (Å²) in [6.45, 7) is 4.56. The number of aliphatic hydroxyl groups excluding tert-OH is 1. The van der Waals surface area contributed by atoms with Gasteiger partial charge in [0, 0.05) is 12.1 Å². The maximum atomic E-state index is 9.34. The minimum atomic E-state index is 0.170. The number of benzene rings is 1. The van der Waals surface area contributed by atoms with Crippen LogP contribution in [0.3, 0.4) is 0 Å². The molecule has 90 valence electrons. The molecular weight excluding hydrogens is 198 g/mol. The van der Waals surface area contributed by atoms with Crippen molar-refractivity contribution in [3.63, 3.8) is 0 Å². The zero-order valence-electron chi connectivity index (χ0n) is 10.3. The van der Waals surface area contributed by atoms with E-state index in [0.717, 1.165) is 12.8 Å². The smallest absolute Gasteiger partial charge is 0.0587 e. The van der Waals surface area contributed by atoms with Crippen molar-refractivity contribution in [2.24, 2.45) is 0 Å². The summed E-state index contributed by atoms with van der Waals surface area (Å²) in [5.41, 5.74) is 1.28. The van der Waals surface area contributed by atoms with Gasteiger partial charge in [-0.3, -0.25) is 0 Å². The molecule has 0 bridgehead atoms. The molecule has 2 atom stereocenters. The van der Waals surface area contributed by atoms with Crippen LogP contribution in [0.4, 0.5) is 0 Å². The molecule has 2 heteroatoms. The molecule has 16 heavy (non-hydrogen) atoms. The van der Waals surface area contributed by atoms with Gasteiger partial charge in [0.2, 0.25) is 0 Å². The summed E-state index contributed by atoms with van der Waals surface area (Å²) >= 11 is 0. The molecule has 0 aromatic heterocycles. The average Bonchev–Trinajstić information content (AvgIpc) is 2.30. The molecule has 1 aromatic rings. The largest absolute Gasteiger partial charge is 0.395 e. The van der Waals surface area contributed by atoms with Crippen molar-refractivity contribution in [1.82, 2.24) is 5.32 Å². The molecule has 2 nitrogen and oxygen atoms in total. The lowest BCUT2D eigenvalue weighted by Gasteiger charge is -2.21. The van der Waals surface area contributed by atoms with Gasteiger partial charge in [-0.2, -0.15) is 0 Å². The van der Waals surface area contributed by atoms with Gasteiger partial charge in [0.05, 0.1) is 6.61 Å². The van der Waals surface area contributed by atoms with Crippen LogP contribution in [0.15, 0.2) is 30.3 Å². The summed E-state index contributed by atoms with van der Waals surface area (Å²) in [6.07, 6.45) is 3.23. The second kappa shape index (κ2) is 7.42. The first-order valence-corrected chi connectivity index (χ1v) is 6.17. The van der Waals surface area contributed by atoms with Gasteiger partial charge in [0.25, 0.3) is 0 Å². The Hall–Kier alpha value is -0.860. The second-order valence-electron chi connectivity index (χ2n) is 4.43. The highest BCUT2D eigenvalue weighted by atomic mass is 16.3. The lowest BCUT2D eigenvalue weighted by atomic mass is 10.0. The van der Waals surface area contributed by atoms with Crippen molar-refractivity contribution >= 4 is 0 Å². The Kier molecular flexibility index (Phi) is 6.12. The van der Waals surface area contributed by atoms with E-state index in [-0.39, 0.29) is 12.6 Å². The molecule has 0 aliphatic carbocycles. The van der Waals surface area contributed by atoms with Gasteiger partial charge in [-0.1, -0.05) is 43.7 Å². The van der Waals surface area contributed by atoms with Crippen LogP contribution in [0.25, 0.3) is 0 Å². The molecule has 1 rings (SSSR count). The normalized spacial score (nSPS) is 14.7. The molecule has 2 N–H and O–H groups in total. The fourth-order valence-electron chi connectivity index (χ4n) is 1.99. The van der Waals surface area contributed by atoms with Crippen LogP contribution in [-0.2, 0) is 6.42 Å². The maximum absolute atomic E-state index is 9.34. The zero-order valence-corrected chi connectivity index (χ0v) is 10.3. The SMILES string of the molecule is CCCC(C)NC(CO)Cc1ccccc1. The molecule has 1 aromatic carbocycles. The number of hydrogen-bond acceptors (Lipinski definition) is 2. The van der Waals surface area contributed by atoms with E-state index in [0.29, 0.717) is 6.04 Å². The number of hydrogen-bond donors (Lipinski definition) is 2. The van der Waals surface area contributed by atoms with Crippen molar-refractivity contribution in [1.29, 1.82) is 0 Å². The van der Waals surface area contributed by atoms with Crippen LogP contribution in [0, 0.1) is 0 Å².